The van der Waals surface area contributed by atoms with E-state index in [4.69, 9.17) is 4.74 Å². The van der Waals surface area contributed by atoms with Crippen LogP contribution in [-0.2, 0) is 6.61 Å². The number of hydrogen-bond acceptors (Lipinski definition) is 4. The van der Waals surface area contributed by atoms with E-state index in [-0.39, 0.29) is 12.2 Å². The molecule has 0 bridgehead atoms. The molecule has 0 fully saturated rings. The molecule has 3 rings (SSSR count). The van der Waals surface area contributed by atoms with Gasteiger partial charge in [0.1, 0.15) is 12.3 Å². The first-order valence-corrected chi connectivity index (χ1v) is 8.16. The minimum absolute atomic E-state index is 0.0310. The molecule has 0 aliphatic heterocycles. The average molecular weight is 442 g/mol. The maximum Gasteiger partial charge on any atom is 0.263 e. The number of nitrogens with zero attached hydrogens (tertiary/aromatic N) is 4. The molecule has 2 aromatic heterocycles. The lowest BCUT2D eigenvalue weighted by Crippen LogP contribution is -2.07. The van der Waals surface area contributed by atoms with E-state index in [1.165, 1.54) is 12.1 Å². The monoisotopic (exact) mass is 442 g/mol. The lowest BCUT2D eigenvalue weighted by atomic mass is 10.2. The van der Waals surface area contributed by atoms with E-state index in [0.717, 1.165) is 9.26 Å². The van der Waals surface area contributed by atoms with Crippen molar-refractivity contribution in [1.29, 1.82) is 0 Å². The first-order chi connectivity index (χ1) is 11.5. The maximum atomic E-state index is 12.7. The highest BCUT2D eigenvalue weighted by molar-refractivity contribution is 14.1. The molecule has 0 amide bonds. The molecule has 0 unspecified atom stereocenters. The summed E-state index contributed by atoms with van der Waals surface area (Å²) in [6.45, 7) is 2.04. The van der Waals surface area contributed by atoms with Gasteiger partial charge in [0.2, 0.25) is 5.88 Å². The number of aryl methyl sites for hydroxylation is 1. The van der Waals surface area contributed by atoms with E-state index in [0.29, 0.717) is 17.3 Å². The van der Waals surface area contributed by atoms with Gasteiger partial charge in [0, 0.05) is 21.4 Å². The van der Waals surface area contributed by atoms with Gasteiger partial charge in [-0.1, -0.05) is 17.3 Å². The quantitative estimate of drug-likeness (QED) is 0.559. The molecule has 24 heavy (non-hydrogen) atoms. The number of ether oxygens (including phenoxy) is 1. The van der Waals surface area contributed by atoms with Crippen molar-refractivity contribution >= 4 is 22.6 Å². The molecule has 5 nitrogen and oxygen atoms in total. The predicted molar refractivity (Wildman–Crippen MR) is 92.3 cm³/mol. The summed E-state index contributed by atoms with van der Waals surface area (Å²) in [5.74, 6) is 0.496. The van der Waals surface area contributed by atoms with Gasteiger partial charge < -0.3 is 4.74 Å². The third-order valence-electron chi connectivity index (χ3n) is 3.40. The second-order valence-corrected chi connectivity index (χ2v) is 6.27. The zero-order valence-corrected chi connectivity index (χ0v) is 14.8. The first kappa shape index (κ1) is 16.7. The van der Waals surface area contributed by atoms with E-state index in [1.54, 1.807) is 29.1 Å². The Bertz CT molecular complexity index is 819. The van der Waals surface area contributed by atoms with Crippen molar-refractivity contribution in [2.45, 2.75) is 20.0 Å². The number of aromatic nitrogens is 4. The molecule has 0 radical (unpaired) electrons. The number of hydrogen-bond donors (Lipinski definition) is 0. The van der Waals surface area contributed by atoms with E-state index in [1.807, 2.05) is 13.0 Å². The molecular formula is C16H13F2IN4O. The smallest absolute Gasteiger partial charge is 0.263 e. The molecule has 0 N–H and O–H groups in total. The van der Waals surface area contributed by atoms with Gasteiger partial charge in [-0.3, -0.25) is 0 Å². The Morgan fingerprint density at radius 3 is 2.54 bits per heavy atom. The van der Waals surface area contributed by atoms with Crippen molar-refractivity contribution < 1.29 is 13.5 Å². The maximum absolute atomic E-state index is 12.7. The number of rotatable bonds is 5. The van der Waals surface area contributed by atoms with E-state index >= 15 is 0 Å². The van der Waals surface area contributed by atoms with E-state index in [2.05, 4.69) is 37.9 Å². The van der Waals surface area contributed by atoms with Crippen LogP contribution >= 0.6 is 22.6 Å². The largest absolute Gasteiger partial charge is 0.471 e. The highest BCUT2D eigenvalue weighted by atomic mass is 127. The third kappa shape index (κ3) is 3.69. The van der Waals surface area contributed by atoms with Gasteiger partial charge in [0.25, 0.3) is 6.43 Å². The standard InChI is InChI=1S/C16H13F2IN4O/c1-10-14(9-24-15-7-4-12(19)8-20-15)23(22-21-10)13-5-2-11(3-6-13)16(17)18/h2-8,16H,9H2,1H3. The lowest BCUT2D eigenvalue weighted by Gasteiger charge is -2.09. The van der Waals surface area contributed by atoms with Crippen LogP contribution in [0.15, 0.2) is 42.6 Å². The molecular weight excluding hydrogens is 429 g/mol. The van der Waals surface area contributed by atoms with Crippen LogP contribution in [-0.4, -0.2) is 20.0 Å². The van der Waals surface area contributed by atoms with Crippen LogP contribution in [0.5, 0.6) is 5.88 Å². The molecule has 0 spiro atoms. The van der Waals surface area contributed by atoms with Crippen molar-refractivity contribution in [3.63, 3.8) is 0 Å². The highest BCUT2D eigenvalue weighted by Gasteiger charge is 2.13. The molecule has 124 valence electrons. The number of alkyl halides is 2. The van der Waals surface area contributed by atoms with Crippen LogP contribution in [0.2, 0.25) is 0 Å². The van der Waals surface area contributed by atoms with Crippen molar-refractivity contribution in [3.8, 4) is 11.6 Å². The van der Waals surface area contributed by atoms with Crippen molar-refractivity contribution in [2.24, 2.45) is 0 Å². The second-order valence-electron chi connectivity index (χ2n) is 5.03. The SMILES string of the molecule is Cc1nnn(-c2ccc(C(F)F)cc2)c1COc1ccc(I)cn1. The predicted octanol–water partition coefficient (Wildman–Crippen LogP) is 4.09. The molecule has 2 heterocycles. The number of halogens is 3. The summed E-state index contributed by atoms with van der Waals surface area (Å²) in [4.78, 5) is 4.18. The minimum atomic E-state index is -2.49. The summed E-state index contributed by atoms with van der Waals surface area (Å²) in [6.07, 6.45) is -0.784. The molecule has 1 aromatic carbocycles. The molecule has 8 heteroatoms. The fraction of sp³-hybridized carbons (Fsp3) is 0.188. The normalized spacial score (nSPS) is 11.0. The van der Waals surface area contributed by atoms with Crippen LogP contribution < -0.4 is 4.74 Å². The summed E-state index contributed by atoms with van der Waals surface area (Å²) >= 11 is 2.17. The highest BCUT2D eigenvalue weighted by Crippen LogP contribution is 2.21. The zero-order valence-electron chi connectivity index (χ0n) is 12.7. The van der Waals surface area contributed by atoms with Crippen LogP contribution in [0.3, 0.4) is 0 Å². The number of benzene rings is 1. The summed E-state index contributed by atoms with van der Waals surface area (Å²) in [5.41, 5.74) is 2.06. The summed E-state index contributed by atoms with van der Waals surface area (Å²) in [6, 6.07) is 9.60. The van der Waals surface area contributed by atoms with Gasteiger partial charge >= 0.3 is 0 Å². The van der Waals surface area contributed by atoms with Crippen molar-refractivity contribution in [1.82, 2.24) is 20.0 Å². The van der Waals surface area contributed by atoms with Crippen LogP contribution in [0.1, 0.15) is 23.4 Å². The Hall–Kier alpha value is -2.10. The first-order valence-electron chi connectivity index (χ1n) is 7.08. The average Bonchev–Trinajstić information content (AvgIpc) is 2.95. The van der Waals surface area contributed by atoms with Crippen molar-refractivity contribution in [2.75, 3.05) is 0 Å². The van der Waals surface area contributed by atoms with Gasteiger partial charge in [0.15, 0.2) is 0 Å². The van der Waals surface area contributed by atoms with Crippen LogP contribution in [0, 0.1) is 10.5 Å². The summed E-state index contributed by atoms with van der Waals surface area (Å²) in [7, 11) is 0. The zero-order chi connectivity index (χ0) is 17.1. The second kappa shape index (κ2) is 7.20. The summed E-state index contributed by atoms with van der Waals surface area (Å²) in [5, 5.41) is 8.10. The summed E-state index contributed by atoms with van der Waals surface area (Å²) < 4.78 is 33.6. The van der Waals surface area contributed by atoms with Crippen LogP contribution in [0.4, 0.5) is 8.78 Å². The molecule has 0 aliphatic carbocycles. The Labute approximate surface area is 150 Å². The molecule has 0 saturated heterocycles. The Morgan fingerprint density at radius 2 is 1.92 bits per heavy atom. The third-order valence-corrected chi connectivity index (χ3v) is 4.04. The topological polar surface area (TPSA) is 52.8 Å². The molecule has 0 saturated carbocycles. The van der Waals surface area contributed by atoms with E-state index in [9.17, 15) is 8.78 Å². The van der Waals surface area contributed by atoms with Gasteiger partial charge in [-0.25, -0.2) is 18.4 Å². The van der Waals surface area contributed by atoms with Crippen LogP contribution in [0.25, 0.3) is 5.69 Å². The molecule has 0 aliphatic rings. The Balaban J connectivity index is 1.81. The van der Waals surface area contributed by atoms with Crippen molar-refractivity contribution in [3.05, 3.63) is 63.1 Å². The van der Waals surface area contributed by atoms with E-state index < -0.39 is 6.43 Å². The van der Waals surface area contributed by atoms with Gasteiger partial charge in [0.05, 0.1) is 11.4 Å². The van der Waals surface area contributed by atoms with Gasteiger partial charge in [-0.05, 0) is 47.7 Å². The fourth-order valence-corrected chi connectivity index (χ4v) is 2.42. The van der Waals surface area contributed by atoms with Gasteiger partial charge in [-0.2, -0.15) is 0 Å². The fourth-order valence-electron chi connectivity index (χ4n) is 2.10. The molecule has 3 aromatic rings. The molecule has 0 atom stereocenters. The number of pyridine rings is 1. The lowest BCUT2D eigenvalue weighted by molar-refractivity contribution is 0.151. The minimum Gasteiger partial charge on any atom is -0.471 e. The van der Waals surface area contributed by atoms with Gasteiger partial charge in [-0.15, -0.1) is 5.10 Å². The Morgan fingerprint density at radius 1 is 1.17 bits per heavy atom. The Kier molecular flexibility index (Phi) is 5.03.